The fraction of sp³-hybridized carbons (Fsp3) is 0.571. The molecule has 1 heterocycles. The fourth-order valence-corrected chi connectivity index (χ4v) is 1.24. The fourth-order valence-electron chi connectivity index (χ4n) is 0.930. The van der Waals surface area contributed by atoms with Gasteiger partial charge in [0, 0.05) is 17.3 Å². The van der Waals surface area contributed by atoms with Crippen molar-refractivity contribution in [3.05, 3.63) is 12.2 Å². The molecule has 0 amide bonds. The van der Waals surface area contributed by atoms with Crippen molar-refractivity contribution < 1.29 is 9.53 Å². The molecular formula is C7H9BrO2. The standard InChI is InChI=1S/C7H9BrO2/c1-5-3-7(2,4-8)10-6(5)9/h1,3-4H2,2H3. The first kappa shape index (κ1) is 7.79. The average molecular weight is 205 g/mol. The third-order valence-corrected chi connectivity index (χ3v) is 2.68. The van der Waals surface area contributed by atoms with E-state index < -0.39 is 0 Å². The zero-order chi connectivity index (χ0) is 7.78. The van der Waals surface area contributed by atoms with E-state index in [2.05, 4.69) is 22.5 Å². The van der Waals surface area contributed by atoms with Crippen molar-refractivity contribution >= 4 is 21.9 Å². The summed E-state index contributed by atoms with van der Waals surface area (Å²) in [6.45, 7) is 5.47. The molecule has 0 aromatic heterocycles. The minimum absolute atomic E-state index is 0.262. The van der Waals surface area contributed by atoms with Crippen LogP contribution in [0, 0.1) is 0 Å². The second-order valence-electron chi connectivity index (χ2n) is 2.75. The summed E-state index contributed by atoms with van der Waals surface area (Å²) in [4.78, 5) is 10.8. The molecule has 0 aromatic rings. The Morgan fingerprint density at radius 3 is 2.70 bits per heavy atom. The minimum Gasteiger partial charge on any atom is -0.455 e. The lowest BCUT2D eigenvalue weighted by Gasteiger charge is -2.17. The highest BCUT2D eigenvalue weighted by Crippen LogP contribution is 2.30. The van der Waals surface area contributed by atoms with Gasteiger partial charge in [-0.3, -0.25) is 0 Å². The molecule has 0 radical (unpaired) electrons. The third-order valence-electron chi connectivity index (χ3n) is 1.50. The number of carbonyl (C=O) groups excluding carboxylic acids is 1. The summed E-state index contributed by atoms with van der Waals surface area (Å²) in [6.07, 6.45) is 0.636. The number of alkyl halides is 1. The van der Waals surface area contributed by atoms with Crippen LogP contribution < -0.4 is 0 Å². The third kappa shape index (κ3) is 1.24. The summed E-state index contributed by atoms with van der Waals surface area (Å²) < 4.78 is 5.02. The number of hydrogen-bond acceptors (Lipinski definition) is 2. The Morgan fingerprint density at radius 2 is 2.50 bits per heavy atom. The van der Waals surface area contributed by atoms with E-state index in [4.69, 9.17) is 4.74 Å². The molecule has 1 aliphatic heterocycles. The number of halogens is 1. The van der Waals surface area contributed by atoms with Gasteiger partial charge in [-0.05, 0) is 6.92 Å². The Labute approximate surface area is 68.4 Å². The van der Waals surface area contributed by atoms with Gasteiger partial charge in [-0.1, -0.05) is 22.5 Å². The molecule has 1 saturated heterocycles. The predicted molar refractivity (Wildman–Crippen MR) is 42.0 cm³/mol. The summed E-state index contributed by atoms with van der Waals surface area (Å²) in [5.41, 5.74) is 0.218. The van der Waals surface area contributed by atoms with Crippen molar-refractivity contribution in [2.45, 2.75) is 18.9 Å². The molecule has 0 aromatic carbocycles. The van der Waals surface area contributed by atoms with Crippen molar-refractivity contribution in [1.82, 2.24) is 0 Å². The number of carbonyl (C=O) groups is 1. The van der Waals surface area contributed by atoms with Crippen LogP contribution in [0.3, 0.4) is 0 Å². The van der Waals surface area contributed by atoms with Crippen molar-refractivity contribution in [3.8, 4) is 0 Å². The maximum absolute atomic E-state index is 10.8. The van der Waals surface area contributed by atoms with Crippen LogP contribution in [-0.2, 0) is 9.53 Å². The smallest absolute Gasteiger partial charge is 0.334 e. The molecule has 3 heteroatoms. The van der Waals surface area contributed by atoms with E-state index in [0.717, 1.165) is 0 Å². The Kier molecular flexibility index (Phi) is 1.86. The number of esters is 1. The summed E-state index contributed by atoms with van der Waals surface area (Å²) in [5, 5.41) is 0.671. The molecule has 56 valence electrons. The Hall–Kier alpha value is -0.310. The van der Waals surface area contributed by atoms with Gasteiger partial charge in [0.05, 0.1) is 0 Å². The lowest BCUT2D eigenvalue weighted by atomic mass is 10.0. The Morgan fingerprint density at radius 1 is 1.90 bits per heavy atom. The van der Waals surface area contributed by atoms with E-state index in [9.17, 15) is 4.79 Å². The average Bonchev–Trinajstić information content (AvgIpc) is 2.10. The SMILES string of the molecule is C=C1CC(C)(CBr)OC1=O. The molecule has 2 nitrogen and oxygen atoms in total. The van der Waals surface area contributed by atoms with E-state index >= 15 is 0 Å². The highest BCUT2D eigenvalue weighted by Gasteiger charge is 2.37. The predicted octanol–water partition coefficient (Wildman–Crippen LogP) is 1.64. The van der Waals surface area contributed by atoms with Crippen LogP contribution >= 0.6 is 15.9 Å². The first-order chi connectivity index (χ1) is 4.57. The van der Waals surface area contributed by atoms with Gasteiger partial charge < -0.3 is 4.74 Å². The van der Waals surface area contributed by atoms with Gasteiger partial charge >= 0.3 is 5.97 Å². The summed E-state index contributed by atoms with van der Waals surface area (Å²) in [6, 6.07) is 0. The topological polar surface area (TPSA) is 26.3 Å². The zero-order valence-corrected chi connectivity index (χ0v) is 7.40. The zero-order valence-electron chi connectivity index (χ0n) is 5.82. The van der Waals surface area contributed by atoms with Gasteiger partial charge in [-0.25, -0.2) is 4.79 Å². The van der Waals surface area contributed by atoms with Crippen LogP contribution in [0.25, 0.3) is 0 Å². The first-order valence-electron chi connectivity index (χ1n) is 3.04. The lowest BCUT2D eigenvalue weighted by molar-refractivity contribution is -0.143. The molecule has 0 bridgehead atoms. The normalized spacial score (nSPS) is 32.6. The molecule has 10 heavy (non-hydrogen) atoms. The highest BCUT2D eigenvalue weighted by molar-refractivity contribution is 9.09. The van der Waals surface area contributed by atoms with Crippen LogP contribution in [0.4, 0.5) is 0 Å². The molecule has 1 atom stereocenters. The van der Waals surface area contributed by atoms with Gasteiger partial charge in [-0.15, -0.1) is 0 Å². The van der Waals surface area contributed by atoms with Crippen LogP contribution in [0.15, 0.2) is 12.2 Å². The first-order valence-corrected chi connectivity index (χ1v) is 4.17. The molecule has 1 unspecified atom stereocenters. The maximum Gasteiger partial charge on any atom is 0.334 e. The van der Waals surface area contributed by atoms with Crippen LogP contribution in [0.1, 0.15) is 13.3 Å². The molecular weight excluding hydrogens is 196 g/mol. The van der Waals surface area contributed by atoms with Gasteiger partial charge in [0.2, 0.25) is 0 Å². The molecule has 0 N–H and O–H groups in total. The van der Waals surface area contributed by atoms with E-state index in [-0.39, 0.29) is 11.6 Å². The monoisotopic (exact) mass is 204 g/mol. The molecule has 0 saturated carbocycles. The van der Waals surface area contributed by atoms with Crippen LogP contribution in [-0.4, -0.2) is 16.9 Å². The second kappa shape index (κ2) is 2.38. The molecule has 1 aliphatic rings. The van der Waals surface area contributed by atoms with Crippen molar-refractivity contribution in [3.63, 3.8) is 0 Å². The van der Waals surface area contributed by atoms with Crippen molar-refractivity contribution in [2.24, 2.45) is 0 Å². The number of cyclic esters (lactones) is 1. The van der Waals surface area contributed by atoms with E-state index in [0.29, 0.717) is 17.3 Å². The van der Waals surface area contributed by atoms with Gasteiger partial charge in [0.25, 0.3) is 0 Å². The summed E-state index contributed by atoms with van der Waals surface area (Å²) in [5.74, 6) is -0.262. The summed E-state index contributed by atoms with van der Waals surface area (Å²) in [7, 11) is 0. The maximum atomic E-state index is 10.8. The van der Waals surface area contributed by atoms with E-state index in [1.807, 2.05) is 6.92 Å². The number of rotatable bonds is 1. The minimum atomic E-state index is -0.353. The second-order valence-corrected chi connectivity index (χ2v) is 3.31. The van der Waals surface area contributed by atoms with Gasteiger partial charge in [-0.2, -0.15) is 0 Å². The van der Waals surface area contributed by atoms with Crippen LogP contribution in [0.5, 0.6) is 0 Å². The van der Waals surface area contributed by atoms with Gasteiger partial charge in [0.1, 0.15) is 5.60 Å². The van der Waals surface area contributed by atoms with Gasteiger partial charge in [0.15, 0.2) is 0 Å². The van der Waals surface area contributed by atoms with Crippen molar-refractivity contribution in [2.75, 3.05) is 5.33 Å². The summed E-state index contributed by atoms with van der Waals surface area (Å²) >= 11 is 3.27. The molecule has 0 aliphatic carbocycles. The van der Waals surface area contributed by atoms with Crippen LogP contribution in [0.2, 0.25) is 0 Å². The van der Waals surface area contributed by atoms with Crippen molar-refractivity contribution in [1.29, 1.82) is 0 Å². The Bertz CT molecular complexity index is 170. The van der Waals surface area contributed by atoms with E-state index in [1.165, 1.54) is 0 Å². The largest absolute Gasteiger partial charge is 0.455 e. The quantitative estimate of drug-likeness (QED) is 0.369. The van der Waals surface area contributed by atoms with E-state index in [1.54, 1.807) is 0 Å². The number of hydrogen-bond donors (Lipinski definition) is 0. The number of ether oxygens (including phenoxy) is 1. The highest BCUT2D eigenvalue weighted by atomic mass is 79.9. The molecule has 0 spiro atoms. The Balaban J connectivity index is 2.73. The molecule has 1 rings (SSSR count). The lowest BCUT2D eigenvalue weighted by Crippen LogP contribution is -2.25. The molecule has 1 fully saturated rings.